The summed E-state index contributed by atoms with van der Waals surface area (Å²) < 4.78 is 0. The van der Waals surface area contributed by atoms with Gasteiger partial charge in [-0.15, -0.1) is 0 Å². The van der Waals surface area contributed by atoms with Crippen LogP contribution in [0.3, 0.4) is 0 Å². The van der Waals surface area contributed by atoms with Crippen molar-refractivity contribution in [2.24, 2.45) is 17.8 Å². The van der Waals surface area contributed by atoms with Crippen molar-refractivity contribution >= 4 is 0 Å². The van der Waals surface area contributed by atoms with Crippen LogP contribution in [0.5, 0.6) is 0 Å². The van der Waals surface area contributed by atoms with Crippen molar-refractivity contribution < 1.29 is 0 Å². The quantitative estimate of drug-likeness (QED) is 0.807. The molecule has 0 aromatic carbocycles. The highest BCUT2D eigenvalue weighted by molar-refractivity contribution is 4.88. The van der Waals surface area contributed by atoms with Crippen LogP contribution >= 0.6 is 0 Å². The van der Waals surface area contributed by atoms with Gasteiger partial charge in [0.1, 0.15) is 0 Å². The lowest BCUT2D eigenvalue weighted by Gasteiger charge is -2.30. The fourth-order valence-corrected chi connectivity index (χ4v) is 4.11. The number of hydrogen-bond donors (Lipinski definition) is 1. The third-order valence-corrected chi connectivity index (χ3v) is 5.52. The van der Waals surface area contributed by atoms with Gasteiger partial charge in [-0.25, -0.2) is 0 Å². The standard InChI is InChI=1S/C16H30N2/c1-2-18-9-8-13(12-18)11-17-16-5-3-4-15(10-16)14-6-7-14/h13-17H,2-12H2,1H3. The number of nitrogens with zero attached hydrogens (tertiary/aromatic N) is 1. The number of rotatable bonds is 5. The summed E-state index contributed by atoms with van der Waals surface area (Å²) in [5, 5.41) is 3.89. The lowest BCUT2D eigenvalue weighted by atomic mass is 9.82. The normalized spacial score (nSPS) is 38.2. The molecule has 0 amide bonds. The smallest absolute Gasteiger partial charge is 0.00699 e. The van der Waals surface area contributed by atoms with Gasteiger partial charge in [-0.1, -0.05) is 19.8 Å². The summed E-state index contributed by atoms with van der Waals surface area (Å²) in [5.41, 5.74) is 0. The first-order valence-corrected chi connectivity index (χ1v) is 8.31. The number of hydrogen-bond acceptors (Lipinski definition) is 2. The predicted octanol–water partition coefficient (Wildman–Crippen LogP) is 2.89. The van der Waals surface area contributed by atoms with E-state index in [-0.39, 0.29) is 0 Å². The van der Waals surface area contributed by atoms with E-state index in [0.717, 1.165) is 23.8 Å². The Bertz CT molecular complexity index is 262. The van der Waals surface area contributed by atoms with Crippen molar-refractivity contribution in [1.29, 1.82) is 0 Å². The van der Waals surface area contributed by atoms with Crippen molar-refractivity contribution in [3.05, 3.63) is 0 Å². The summed E-state index contributed by atoms with van der Waals surface area (Å²) in [6, 6.07) is 0.847. The lowest BCUT2D eigenvalue weighted by Crippen LogP contribution is -2.38. The van der Waals surface area contributed by atoms with Crippen molar-refractivity contribution in [2.75, 3.05) is 26.2 Å². The van der Waals surface area contributed by atoms with Crippen molar-refractivity contribution in [3.8, 4) is 0 Å². The van der Waals surface area contributed by atoms with E-state index < -0.39 is 0 Å². The molecule has 104 valence electrons. The molecule has 0 spiro atoms. The molecule has 0 aromatic heterocycles. The summed E-state index contributed by atoms with van der Waals surface area (Å²) in [6.07, 6.45) is 10.4. The van der Waals surface area contributed by atoms with E-state index in [1.165, 1.54) is 71.1 Å². The SMILES string of the molecule is CCN1CCC(CNC2CCCC(C3CC3)C2)C1. The molecule has 18 heavy (non-hydrogen) atoms. The molecule has 2 aliphatic carbocycles. The second-order valence-corrected chi connectivity index (χ2v) is 6.92. The lowest BCUT2D eigenvalue weighted by molar-refractivity contribution is 0.251. The summed E-state index contributed by atoms with van der Waals surface area (Å²) in [7, 11) is 0. The van der Waals surface area contributed by atoms with Gasteiger partial charge in [-0.2, -0.15) is 0 Å². The van der Waals surface area contributed by atoms with E-state index in [0.29, 0.717) is 0 Å². The van der Waals surface area contributed by atoms with Gasteiger partial charge in [0.15, 0.2) is 0 Å². The van der Waals surface area contributed by atoms with Gasteiger partial charge in [-0.3, -0.25) is 0 Å². The molecule has 2 saturated carbocycles. The van der Waals surface area contributed by atoms with Crippen LogP contribution in [0.2, 0.25) is 0 Å². The molecule has 3 aliphatic rings. The Hall–Kier alpha value is -0.0800. The highest BCUT2D eigenvalue weighted by Gasteiger charge is 2.34. The van der Waals surface area contributed by atoms with Gasteiger partial charge in [0.2, 0.25) is 0 Å². The van der Waals surface area contributed by atoms with Crippen LogP contribution in [0, 0.1) is 17.8 Å². The molecule has 1 heterocycles. The van der Waals surface area contributed by atoms with Gasteiger partial charge >= 0.3 is 0 Å². The number of likely N-dealkylation sites (tertiary alicyclic amines) is 1. The largest absolute Gasteiger partial charge is 0.314 e. The second kappa shape index (κ2) is 5.92. The molecule has 3 unspecified atom stereocenters. The second-order valence-electron chi connectivity index (χ2n) is 6.92. The third-order valence-electron chi connectivity index (χ3n) is 5.52. The Kier molecular flexibility index (Phi) is 4.25. The number of nitrogens with one attached hydrogen (secondary N) is 1. The Morgan fingerprint density at radius 1 is 1.06 bits per heavy atom. The van der Waals surface area contributed by atoms with E-state index >= 15 is 0 Å². The summed E-state index contributed by atoms with van der Waals surface area (Å²) in [6.45, 7) is 7.47. The molecule has 0 bridgehead atoms. The molecule has 1 saturated heterocycles. The maximum atomic E-state index is 3.89. The molecule has 1 N–H and O–H groups in total. The summed E-state index contributed by atoms with van der Waals surface area (Å²) in [4.78, 5) is 2.60. The first-order chi connectivity index (χ1) is 8.85. The fourth-order valence-electron chi connectivity index (χ4n) is 4.11. The first-order valence-electron chi connectivity index (χ1n) is 8.31. The van der Waals surface area contributed by atoms with Gasteiger partial charge in [0.05, 0.1) is 0 Å². The van der Waals surface area contributed by atoms with Crippen molar-refractivity contribution in [1.82, 2.24) is 10.2 Å². The van der Waals surface area contributed by atoms with Crippen LogP contribution in [-0.2, 0) is 0 Å². The molecule has 0 aromatic rings. The average Bonchev–Trinajstić information content (AvgIpc) is 3.16. The molecule has 3 atom stereocenters. The predicted molar refractivity (Wildman–Crippen MR) is 76.7 cm³/mol. The minimum Gasteiger partial charge on any atom is -0.314 e. The van der Waals surface area contributed by atoms with E-state index in [1.807, 2.05) is 0 Å². The monoisotopic (exact) mass is 250 g/mol. The molecule has 2 nitrogen and oxygen atoms in total. The topological polar surface area (TPSA) is 15.3 Å². The highest BCUT2D eigenvalue weighted by Crippen LogP contribution is 2.43. The van der Waals surface area contributed by atoms with Gasteiger partial charge in [0, 0.05) is 12.6 Å². The Labute approximate surface area is 113 Å². The molecule has 2 heteroatoms. The van der Waals surface area contributed by atoms with Gasteiger partial charge in [0.25, 0.3) is 0 Å². The molecule has 3 fully saturated rings. The van der Waals surface area contributed by atoms with Gasteiger partial charge in [-0.05, 0) is 69.5 Å². The first kappa shape index (κ1) is 12.9. The van der Waals surface area contributed by atoms with Crippen molar-refractivity contribution in [3.63, 3.8) is 0 Å². The zero-order valence-electron chi connectivity index (χ0n) is 12.0. The van der Waals surface area contributed by atoms with Crippen LogP contribution in [0.15, 0.2) is 0 Å². The molecule has 0 radical (unpaired) electrons. The van der Waals surface area contributed by atoms with E-state index in [1.54, 1.807) is 0 Å². The van der Waals surface area contributed by atoms with Crippen LogP contribution < -0.4 is 5.32 Å². The molecular weight excluding hydrogens is 220 g/mol. The Balaban J connectivity index is 1.37. The fraction of sp³-hybridized carbons (Fsp3) is 1.00. The zero-order valence-corrected chi connectivity index (χ0v) is 12.0. The maximum Gasteiger partial charge on any atom is 0.00699 e. The van der Waals surface area contributed by atoms with Crippen LogP contribution in [0.1, 0.15) is 51.9 Å². The molecule has 1 aliphatic heterocycles. The van der Waals surface area contributed by atoms with E-state index in [9.17, 15) is 0 Å². The summed E-state index contributed by atoms with van der Waals surface area (Å²) in [5.74, 6) is 3.12. The van der Waals surface area contributed by atoms with Crippen molar-refractivity contribution in [2.45, 2.75) is 57.9 Å². The van der Waals surface area contributed by atoms with Crippen LogP contribution in [0.25, 0.3) is 0 Å². The van der Waals surface area contributed by atoms with Gasteiger partial charge < -0.3 is 10.2 Å². The maximum absolute atomic E-state index is 3.89. The minimum absolute atomic E-state index is 0.847. The zero-order chi connectivity index (χ0) is 12.4. The van der Waals surface area contributed by atoms with E-state index in [2.05, 4.69) is 17.1 Å². The Morgan fingerprint density at radius 3 is 2.67 bits per heavy atom. The third kappa shape index (κ3) is 3.27. The van der Waals surface area contributed by atoms with Crippen LogP contribution in [0.4, 0.5) is 0 Å². The van der Waals surface area contributed by atoms with Crippen LogP contribution in [-0.4, -0.2) is 37.1 Å². The average molecular weight is 250 g/mol. The summed E-state index contributed by atoms with van der Waals surface area (Å²) >= 11 is 0. The Morgan fingerprint density at radius 2 is 1.94 bits per heavy atom. The molecular formula is C16H30N2. The van der Waals surface area contributed by atoms with E-state index in [4.69, 9.17) is 0 Å². The highest BCUT2D eigenvalue weighted by atomic mass is 15.1. The minimum atomic E-state index is 0.847. The molecule has 3 rings (SSSR count).